The molecular weight excluding hydrogens is 320 g/mol. The monoisotopic (exact) mass is 340 g/mol. The highest BCUT2D eigenvalue weighted by Crippen LogP contribution is 2.20. The van der Waals surface area contributed by atoms with Crippen molar-refractivity contribution in [3.8, 4) is 5.75 Å². The first-order valence-corrected chi connectivity index (χ1v) is 7.68. The molecule has 0 radical (unpaired) electrons. The molecule has 0 aliphatic rings. The van der Waals surface area contributed by atoms with Crippen LogP contribution in [-0.2, 0) is 4.74 Å². The van der Waals surface area contributed by atoms with Crippen molar-refractivity contribution < 1.29 is 14.3 Å². The maximum atomic E-state index is 11.4. The predicted octanol–water partition coefficient (Wildman–Crippen LogP) is 5.06. The minimum atomic E-state index is -0.366. The van der Waals surface area contributed by atoms with E-state index in [2.05, 4.69) is 27.6 Å². The SMILES string of the molecule is CCCCCC/C=C(\Br)Oc1cccc(C(=O)OC)c1. The summed E-state index contributed by atoms with van der Waals surface area (Å²) in [6.07, 6.45) is 7.91. The minimum Gasteiger partial charge on any atom is -0.465 e. The van der Waals surface area contributed by atoms with Crippen molar-refractivity contribution in [3.05, 3.63) is 40.6 Å². The lowest BCUT2D eigenvalue weighted by Crippen LogP contribution is -2.01. The molecule has 0 aliphatic carbocycles. The number of esters is 1. The van der Waals surface area contributed by atoms with E-state index in [0.29, 0.717) is 16.0 Å². The van der Waals surface area contributed by atoms with Crippen molar-refractivity contribution in [1.82, 2.24) is 0 Å². The number of benzene rings is 1. The molecular formula is C16H21BrO3. The lowest BCUT2D eigenvalue weighted by Gasteiger charge is -2.06. The molecule has 3 nitrogen and oxygen atoms in total. The van der Waals surface area contributed by atoms with Crippen LogP contribution in [0, 0.1) is 0 Å². The van der Waals surface area contributed by atoms with E-state index in [9.17, 15) is 4.79 Å². The molecule has 0 fully saturated rings. The van der Waals surface area contributed by atoms with Crippen LogP contribution >= 0.6 is 15.9 Å². The van der Waals surface area contributed by atoms with Crippen LogP contribution in [0.5, 0.6) is 5.75 Å². The lowest BCUT2D eigenvalue weighted by atomic mass is 10.1. The van der Waals surface area contributed by atoms with Crippen LogP contribution in [0.25, 0.3) is 0 Å². The van der Waals surface area contributed by atoms with E-state index in [1.54, 1.807) is 24.3 Å². The molecule has 0 aromatic heterocycles. The lowest BCUT2D eigenvalue weighted by molar-refractivity contribution is 0.0600. The van der Waals surface area contributed by atoms with Crippen molar-refractivity contribution in [1.29, 1.82) is 0 Å². The van der Waals surface area contributed by atoms with Gasteiger partial charge in [0.2, 0.25) is 0 Å². The largest absolute Gasteiger partial charge is 0.465 e. The van der Waals surface area contributed by atoms with Gasteiger partial charge in [-0.15, -0.1) is 0 Å². The Labute approximate surface area is 129 Å². The number of ether oxygens (including phenoxy) is 2. The van der Waals surface area contributed by atoms with Gasteiger partial charge in [0.1, 0.15) is 5.75 Å². The first-order valence-electron chi connectivity index (χ1n) is 6.89. The Hall–Kier alpha value is -1.29. The Morgan fingerprint density at radius 2 is 2.10 bits per heavy atom. The van der Waals surface area contributed by atoms with Crippen molar-refractivity contribution in [3.63, 3.8) is 0 Å². The predicted molar refractivity (Wildman–Crippen MR) is 84.2 cm³/mol. The number of carbonyl (C=O) groups excluding carboxylic acids is 1. The zero-order chi connectivity index (χ0) is 14.8. The van der Waals surface area contributed by atoms with Crippen LogP contribution in [0.2, 0.25) is 0 Å². The zero-order valence-corrected chi connectivity index (χ0v) is 13.6. The van der Waals surface area contributed by atoms with Crippen molar-refractivity contribution in [2.45, 2.75) is 39.0 Å². The maximum absolute atomic E-state index is 11.4. The van der Waals surface area contributed by atoms with Crippen molar-refractivity contribution in [2.75, 3.05) is 7.11 Å². The van der Waals surface area contributed by atoms with Gasteiger partial charge >= 0.3 is 5.97 Å². The van der Waals surface area contributed by atoms with Crippen molar-refractivity contribution in [2.24, 2.45) is 0 Å². The van der Waals surface area contributed by atoms with Gasteiger partial charge in [-0.05, 0) is 53.0 Å². The number of rotatable bonds is 8. The fraction of sp³-hybridized carbons (Fsp3) is 0.438. The molecule has 0 bridgehead atoms. The number of unbranched alkanes of at least 4 members (excludes halogenated alkanes) is 4. The second-order valence-corrected chi connectivity index (χ2v) is 5.26. The molecule has 1 aromatic rings. The average molecular weight is 341 g/mol. The Bertz CT molecular complexity index is 455. The third-order valence-corrected chi connectivity index (χ3v) is 3.32. The highest BCUT2D eigenvalue weighted by Gasteiger charge is 2.06. The fourth-order valence-electron chi connectivity index (χ4n) is 1.75. The molecule has 0 saturated carbocycles. The first-order chi connectivity index (χ1) is 9.67. The van der Waals surface area contributed by atoms with Gasteiger partial charge in [0.15, 0.2) is 4.67 Å². The van der Waals surface area contributed by atoms with Gasteiger partial charge in [0, 0.05) is 0 Å². The van der Waals surface area contributed by atoms with Crippen LogP contribution in [0.3, 0.4) is 0 Å². The summed E-state index contributed by atoms with van der Waals surface area (Å²) in [7, 11) is 1.36. The second-order valence-electron chi connectivity index (χ2n) is 4.48. The molecule has 0 amide bonds. The summed E-state index contributed by atoms with van der Waals surface area (Å²) < 4.78 is 11.0. The molecule has 0 spiro atoms. The van der Waals surface area contributed by atoms with Gasteiger partial charge in [-0.25, -0.2) is 4.79 Å². The number of hydrogen-bond donors (Lipinski definition) is 0. The molecule has 1 rings (SSSR count). The van der Waals surface area contributed by atoms with Gasteiger partial charge in [0.25, 0.3) is 0 Å². The van der Waals surface area contributed by atoms with Gasteiger partial charge in [-0.2, -0.15) is 0 Å². The molecule has 0 atom stereocenters. The molecule has 0 heterocycles. The van der Waals surface area contributed by atoms with E-state index in [1.807, 2.05) is 6.08 Å². The Morgan fingerprint density at radius 3 is 2.80 bits per heavy atom. The average Bonchev–Trinajstić information content (AvgIpc) is 2.46. The summed E-state index contributed by atoms with van der Waals surface area (Å²) in [6, 6.07) is 6.93. The van der Waals surface area contributed by atoms with E-state index < -0.39 is 0 Å². The zero-order valence-electron chi connectivity index (χ0n) is 12.0. The summed E-state index contributed by atoms with van der Waals surface area (Å²) in [5.74, 6) is 0.250. The highest BCUT2D eigenvalue weighted by atomic mass is 79.9. The molecule has 0 saturated heterocycles. The van der Waals surface area contributed by atoms with Crippen LogP contribution < -0.4 is 4.74 Å². The molecule has 20 heavy (non-hydrogen) atoms. The molecule has 4 heteroatoms. The van der Waals surface area contributed by atoms with Crippen molar-refractivity contribution >= 4 is 21.9 Å². The van der Waals surface area contributed by atoms with Gasteiger partial charge < -0.3 is 9.47 Å². The van der Waals surface area contributed by atoms with Crippen LogP contribution in [0.1, 0.15) is 49.4 Å². The van der Waals surface area contributed by atoms with Crippen LogP contribution in [0.4, 0.5) is 0 Å². The van der Waals surface area contributed by atoms with Gasteiger partial charge in [-0.1, -0.05) is 32.3 Å². The molecule has 0 aliphatic heterocycles. The molecule has 1 aromatic carbocycles. The van der Waals surface area contributed by atoms with E-state index >= 15 is 0 Å². The van der Waals surface area contributed by atoms with Gasteiger partial charge in [0.05, 0.1) is 12.7 Å². The van der Waals surface area contributed by atoms with E-state index in [-0.39, 0.29) is 5.97 Å². The Kier molecular flexibility index (Phi) is 8.04. The topological polar surface area (TPSA) is 35.5 Å². The molecule has 110 valence electrons. The summed E-state index contributed by atoms with van der Waals surface area (Å²) >= 11 is 3.39. The second kappa shape index (κ2) is 9.59. The normalized spacial score (nSPS) is 11.2. The number of hydrogen-bond acceptors (Lipinski definition) is 3. The van der Waals surface area contributed by atoms with Crippen LogP contribution in [0.15, 0.2) is 35.0 Å². The highest BCUT2D eigenvalue weighted by molar-refractivity contribution is 9.11. The Morgan fingerprint density at radius 1 is 1.30 bits per heavy atom. The standard InChI is InChI=1S/C16H21BrO3/c1-3-4-5-6-7-11-15(17)20-14-10-8-9-13(12-14)16(18)19-2/h8-12H,3-7H2,1-2H3/b15-11+. The van der Waals surface area contributed by atoms with E-state index in [4.69, 9.17) is 4.74 Å². The smallest absolute Gasteiger partial charge is 0.337 e. The first kappa shape index (κ1) is 16.8. The number of allylic oxidation sites excluding steroid dienone is 1. The summed E-state index contributed by atoms with van der Waals surface area (Å²) in [6.45, 7) is 2.20. The minimum absolute atomic E-state index is 0.366. The third-order valence-electron chi connectivity index (χ3n) is 2.83. The molecule has 0 N–H and O–H groups in total. The van der Waals surface area contributed by atoms with E-state index in [1.165, 1.54) is 26.4 Å². The number of halogens is 1. The number of carbonyl (C=O) groups is 1. The summed E-state index contributed by atoms with van der Waals surface area (Å²) in [5.41, 5.74) is 0.480. The van der Waals surface area contributed by atoms with Gasteiger partial charge in [-0.3, -0.25) is 0 Å². The third kappa shape index (κ3) is 6.24. The van der Waals surface area contributed by atoms with Crippen LogP contribution in [-0.4, -0.2) is 13.1 Å². The Balaban J connectivity index is 2.50. The summed E-state index contributed by atoms with van der Waals surface area (Å²) in [5, 5.41) is 0. The van der Waals surface area contributed by atoms with E-state index in [0.717, 1.165) is 12.8 Å². The molecule has 0 unspecified atom stereocenters. The quantitative estimate of drug-likeness (QED) is 0.377. The number of methoxy groups -OCH3 is 1. The summed E-state index contributed by atoms with van der Waals surface area (Å²) in [4.78, 5) is 11.4. The maximum Gasteiger partial charge on any atom is 0.337 e. The fourth-order valence-corrected chi connectivity index (χ4v) is 2.16.